The number of aromatic nitrogens is 3. The highest BCUT2D eigenvalue weighted by atomic mass is 16.1. The number of amides is 1. The minimum absolute atomic E-state index is 0.133. The second-order valence-electron chi connectivity index (χ2n) is 7.74. The van der Waals surface area contributed by atoms with Crippen LogP contribution < -0.4 is 5.32 Å². The smallest absolute Gasteiger partial charge is 0.224 e. The third-order valence-electron chi connectivity index (χ3n) is 5.71. The van der Waals surface area contributed by atoms with E-state index >= 15 is 0 Å². The highest BCUT2D eigenvalue weighted by Gasteiger charge is 2.18. The topological polar surface area (TPSA) is 59.8 Å². The molecule has 2 aliphatic rings. The molecule has 5 heteroatoms. The highest BCUT2D eigenvalue weighted by molar-refractivity contribution is 5.91. The van der Waals surface area contributed by atoms with Gasteiger partial charge < -0.3 is 9.88 Å². The summed E-state index contributed by atoms with van der Waals surface area (Å²) in [7, 11) is 0. The van der Waals surface area contributed by atoms with Gasteiger partial charge in [-0.1, -0.05) is 37.8 Å². The summed E-state index contributed by atoms with van der Waals surface area (Å²) < 4.78 is 2.25. The molecule has 1 aromatic carbocycles. The Hall–Kier alpha value is -2.17. The predicted molar refractivity (Wildman–Crippen MR) is 103 cm³/mol. The number of aryl methyl sites for hydroxylation is 1. The molecule has 1 N–H and O–H groups in total. The van der Waals surface area contributed by atoms with Crippen LogP contribution in [0.3, 0.4) is 0 Å². The second-order valence-corrected chi connectivity index (χ2v) is 7.74. The first kappa shape index (κ1) is 17.3. The molecule has 0 spiro atoms. The van der Waals surface area contributed by atoms with Crippen LogP contribution in [0.25, 0.3) is 11.4 Å². The SMILES string of the molecule is O=C(CC1CCCCC1)Nc1cccc(-c2nnc3n2CCCCC3)c1. The van der Waals surface area contributed by atoms with Crippen LogP contribution in [-0.2, 0) is 17.8 Å². The first-order chi connectivity index (χ1) is 12.8. The fraction of sp³-hybridized carbons (Fsp3) is 0.571. The van der Waals surface area contributed by atoms with Gasteiger partial charge >= 0.3 is 0 Å². The lowest BCUT2D eigenvalue weighted by atomic mass is 9.87. The number of carbonyl (C=O) groups excluding carboxylic acids is 1. The van der Waals surface area contributed by atoms with E-state index in [1.165, 1.54) is 51.4 Å². The van der Waals surface area contributed by atoms with E-state index in [0.29, 0.717) is 12.3 Å². The van der Waals surface area contributed by atoms with Gasteiger partial charge in [0.05, 0.1) is 0 Å². The van der Waals surface area contributed by atoms with Gasteiger partial charge in [-0.05, 0) is 43.7 Å². The van der Waals surface area contributed by atoms with Crippen molar-refractivity contribution < 1.29 is 4.79 Å². The summed E-state index contributed by atoms with van der Waals surface area (Å²) in [5.41, 5.74) is 1.88. The van der Waals surface area contributed by atoms with Crippen LogP contribution in [-0.4, -0.2) is 20.7 Å². The third kappa shape index (κ3) is 3.97. The molecule has 0 radical (unpaired) electrons. The van der Waals surface area contributed by atoms with Crippen LogP contribution >= 0.6 is 0 Å². The normalized spacial score (nSPS) is 18.2. The standard InChI is InChI=1S/C21H28N4O/c26-20(14-16-8-3-1-4-9-16)22-18-11-7-10-17(15-18)21-24-23-19-12-5-2-6-13-25(19)21/h7,10-11,15-16H,1-6,8-9,12-14H2,(H,22,26). The van der Waals surface area contributed by atoms with Gasteiger partial charge in [0.15, 0.2) is 5.82 Å². The van der Waals surface area contributed by atoms with Crippen LogP contribution in [0.5, 0.6) is 0 Å². The van der Waals surface area contributed by atoms with Crippen molar-refractivity contribution in [2.24, 2.45) is 5.92 Å². The molecule has 1 aliphatic carbocycles. The van der Waals surface area contributed by atoms with Crippen molar-refractivity contribution in [3.63, 3.8) is 0 Å². The van der Waals surface area contributed by atoms with Crippen LogP contribution in [0.4, 0.5) is 5.69 Å². The molecule has 26 heavy (non-hydrogen) atoms. The van der Waals surface area contributed by atoms with E-state index < -0.39 is 0 Å². The molecule has 2 heterocycles. The molecule has 4 rings (SSSR count). The van der Waals surface area contributed by atoms with Crippen LogP contribution in [0.2, 0.25) is 0 Å². The van der Waals surface area contributed by atoms with Gasteiger partial charge in [0.2, 0.25) is 5.91 Å². The van der Waals surface area contributed by atoms with Gasteiger partial charge in [0.25, 0.3) is 0 Å². The van der Waals surface area contributed by atoms with Crippen molar-refractivity contribution in [3.8, 4) is 11.4 Å². The molecule has 0 bridgehead atoms. The summed E-state index contributed by atoms with van der Waals surface area (Å²) in [6.07, 6.45) is 11.5. The fourth-order valence-corrected chi connectivity index (χ4v) is 4.30. The van der Waals surface area contributed by atoms with Crippen molar-refractivity contribution >= 4 is 11.6 Å². The average Bonchev–Trinajstić information content (AvgIpc) is 2.91. The number of fused-ring (bicyclic) bond motifs is 1. The maximum atomic E-state index is 12.4. The average molecular weight is 352 g/mol. The number of nitrogens with one attached hydrogen (secondary N) is 1. The Morgan fingerprint density at radius 2 is 1.92 bits per heavy atom. The van der Waals surface area contributed by atoms with E-state index in [2.05, 4.69) is 26.1 Å². The van der Waals surface area contributed by atoms with E-state index in [4.69, 9.17) is 0 Å². The maximum Gasteiger partial charge on any atom is 0.224 e. The van der Waals surface area contributed by atoms with Crippen LogP contribution in [0.1, 0.15) is 63.6 Å². The zero-order chi connectivity index (χ0) is 17.8. The maximum absolute atomic E-state index is 12.4. The number of carbonyl (C=O) groups is 1. The quantitative estimate of drug-likeness (QED) is 0.876. The Bertz CT molecular complexity index is 761. The van der Waals surface area contributed by atoms with Crippen LogP contribution in [0, 0.1) is 5.92 Å². The Kier molecular flexibility index (Phi) is 5.32. The van der Waals surface area contributed by atoms with Crippen molar-refractivity contribution in [2.75, 3.05) is 5.32 Å². The summed E-state index contributed by atoms with van der Waals surface area (Å²) in [5, 5.41) is 11.9. The van der Waals surface area contributed by atoms with E-state index in [-0.39, 0.29) is 5.91 Å². The molecule has 2 aromatic rings. The van der Waals surface area contributed by atoms with Gasteiger partial charge in [-0.15, -0.1) is 10.2 Å². The van der Waals surface area contributed by atoms with E-state index in [9.17, 15) is 4.79 Å². The minimum atomic E-state index is 0.133. The summed E-state index contributed by atoms with van der Waals surface area (Å²) in [4.78, 5) is 12.4. The van der Waals surface area contributed by atoms with Crippen LogP contribution in [0.15, 0.2) is 24.3 Å². The molecule has 1 aliphatic heterocycles. The number of hydrogen-bond acceptors (Lipinski definition) is 3. The Labute approximate surface area is 155 Å². The molecular formula is C21H28N4O. The lowest BCUT2D eigenvalue weighted by molar-refractivity contribution is -0.117. The fourth-order valence-electron chi connectivity index (χ4n) is 4.30. The molecule has 138 valence electrons. The number of rotatable bonds is 4. The zero-order valence-electron chi connectivity index (χ0n) is 15.4. The molecule has 0 saturated heterocycles. The van der Waals surface area contributed by atoms with Gasteiger partial charge in [-0.2, -0.15) is 0 Å². The van der Waals surface area contributed by atoms with Crippen molar-refractivity contribution in [1.82, 2.24) is 14.8 Å². The number of anilines is 1. The zero-order valence-corrected chi connectivity index (χ0v) is 15.4. The van der Waals surface area contributed by atoms with Gasteiger partial charge in [-0.25, -0.2) is 0 Å². The molecule has 1 amide bonds. The molecule has 1 saturated carbocycles. The lowest BCUT2D eigenvalue weighted by Crippen LogP contribution is -2.18. The molecular weight excluding hydrogens is 324 g/mol. The van der Waals surface area contributed by atoms with Gasteiger partial charge in [0, 0.05) is 30.6 Å². The van der Waals surface area contributed by atoms with E-state index in [1.807, 2.05) is 18.2 Å². The van der Waals surface area contributed by atoms with Crippen molar-refractivity contribution in [2.45, 2.75) is 70.8 Å². The monoisotopic (exact) mass is 352 g/mol. The predicted octanol–water partition coefficient (Wildman–Crippen LogP) is 4.58. The molecule has 1 fully saturated rings. The van der Waals surface area contributed by atoms with Crippen molar-refractivity contribution in [3.05, 3.63) is 30.1 Å². The molecule has 1 aromatic heterocycles. The molecule has 0 atom stereocenters. The van der Waals surface area contributed by atoms with E-state index in [0.717, 1.165) is 35.9 Å². The first-order valence-corrected chi connectivity index (χ1v) is 10.1. The van der Waals surface area contributed by atoms with Gasteiger partial charge in [0.1, 0.15) is 5.82 Å². The number of nitrogens with zero attached hydrogens (tertiary/aromatic N) is 3. The Morgan fingerprint density at radius 3 is 2.81 bits per heavy atom. The largest absolute Gasteiger partial charge is 0.326 e. The Balaban J connectivity index is 1.47. The third-order valence-corrected chi connectivity index (χ3v) is 5.71. The minimum Gasteiger partial charge on any atom is -0.326 e. The number of hydrogen-bond donors (Lipinski definition) is 1. The lowest BCUT2D eigenvalue weighted by Gasteiger charge is -2.20. The second kappa shape index (κ2) is 8.02. The summed E-state index contributed by atoms with van der Waals surface area (Å²) >= 11 is 0. The van der Waals surface area contributed by atoms with Crippen molar-refractivity contribution in [1.29, 1.82) is 0 Å². The molecule has 5 nitrogen and oxygen atoms in total. The first-order valence-electron chi connectivity index (χ1n) is 10.1. The highest BCUT2D eigenvalue weighted by Crippen LogP contribution is 2.28. The number of benzene rings is 1. The van der Waals surface area contributed by atoms with E-state index in [1.54, 1.807) is 0 Å². The molecule has 0 unspecified atom stereocenters. The summed E-state index contributed by atoms with van der Waals surface area (Å²) in [6.45, 7) is 0.982. The summed E-state index contributed by atoms with van der Waals surface area (Å²) in [5.74, 6) is 2.70. The Morgan fingerprint density at radius 1 is 1.08 bits per heavy atom. The summed E-state index contributed by atoms with van der Waals surface area (Å²) in [6, 6.07) is 8.03. The van der Waals surface area contributed by atoms with Gasteiger partial charge in [-0.3, -0.25) is 4.79 Å².